The molecule has 16 heavy (non-hydrogen) atoms. The van der Waals surface area contributed by atoms with E-state index in [0.717, 1.165) is 21.5 Å². The number of methoxy groups -OCH3 is 1. The summed E-state index contributed by atoms with van der Waals surface area (Å²) in [6.45, 7) is 0. The van der Waals surface area contributed by atoms with Gasteiger partial charge in [-0.05, 0) is 6.07 Å². The van der Waals surface area contributed by atoms with Crippen LogP contribution in [0, 0.1) is 6.26 Å². The van der Waals surface area contributed by atoms with Gasteiger partial charge in [0.2, 0.25) is 6.26 Å². The predicted molar refractivity (Wildman–Crippen MR) is 62.7 cm³/mol. The first-order chi connectivity index (χ1) is 7.90. The molecule has 0 fully saturated rings. The van der Waals surface area contributed by atoms with Gasteiger partial charge < -0.3 is 9.15 Å². The minimum absolute atomic E-state index is 0.626. The van der Waals surface area contributed by atoms with Gasteiger partial charge in [0.05, 0.1) is 12.5 Å². The van der Waals surface area contributed by atoms with Crippen LogP contribution in [0.2, 0.25) is 0 Å². The normalized spacial score (nSPS) is 10.8. The second kappa shape index (κ2) is 3.64. The molecule has 0 unspecified atom stereocenters. The number of furan rings is 1. The van der Waals surface area contributed by atoms with Crippen LogP contribution in [-0.2, 0) is 0 Å². The SMILES string of the molecule is COc1[c]oc2cccc(-c3nccs3)c12. The van der Waals surface area contributed by atoms with Crippen molar-refractivity contribution in [2.75, 3.05) is 7.11 Å². The molecule has 2 heterocycles. The third kappa shape index (κ3) is 1.31. The van der Waals surface area contributed by atoms with Crippen LogP contribution in [0.1, 0.15) is 0 Å². The van der Waals surface area contributed by atoms with E-state index in [1.54, 1.807) is 24.6 Å². The standard InChI is InChI=1S/C12H8NO2S/c1-14-10-7-15-9-4-2-3-8(11(9)10)12-13-5-6-16-12/h2-6H,1H3. The summed E-state index contributed by atoms with van der Waals surface area (Å²) >= 11 is 1.59. The van der Waals surface area contributed by atoms with E-state index in [4.69, 9.17) is 9.15 Å². The first-order valence-corrected chi connectivity index (χ1v) is 5.65. The summed E-state index contributed by atoms with van der Waals surface area (Å²) in [5.41, 5.74) is 1.79. The van der Waals surface area contributed by atoms with E-state index in [-0.39, 0.29) is 0 Å². The summed E-state index contributed by atoms with van der Waals surface area (Å²) in [6, 6.07) is 5.84. The highest BCUT2D eigenvalue weighted by molar-refractivity contribution is 7.13. The van der Waals surface area contributed by atoms with Crippen molar-refractivity contribution in [3.63, 3.8) is 0 Å². The van der Waals surface area contributed by atoms with Crippen LogP contribution in [0.3, 0.4) is 0 Å². The van der Waals surface area contributed by atoms with E-state index in [0.29, 0.717) is 5.75 Å². The van der Waals surface area contributed by atoms with Crippen molar-refractivity contribution >= 4 is 22.3 Å². The number of nitrogens with zero attached hydrogens (tertiary/aromatic N) is 1. The molecule has 4 heteroatoms. The third-order valence-corrected chi connectivity index (χ3v) is 3.18. The summed E-state index contributed by atoms with van der Waals surface area (Å²) in [5, 5.41) is 3.84. The molecule has 1 radical (unpaired) electrons. The molecular formula is C12H8NO2S. The van der Waals surface area contributed by atoms with Crippen molar-refractivity contribution in [2.45, 2.75) is 0 Å². The molecule has 0 N–H and O–H groups in total. The van der Waals surface area contributed by atoms with E-state index < -0.39 is 0 Å². The van der Waals surface area contributed by atoms with Crippen LogP contribution in [0.4, 0.5) is 0 Å². The Morgan fingerprint density at radius 2 is 2.38 bits per heavy atom. The number of rotatable bonds is 2. The van der Waals surface area contributed by atoms with Gasteiger partial charge in [0.25, 0.3) is 0 Å². The summed E-state index contributed by atoms with van der Waals surface area (Å²) in [4.78, 5) is 4.30. The molecule has 0 aliphatic carbocycles. The smallest absolute Gasteiger partial charge is 0.216 e. The fraction of sp³-hybridized carbons (Fsp3) is 0.0833. The number of thiazole rings is 1. The molecule has 0 amide bonds. The van der Waals surface area contributed by atoms with Crippen molar-refractivity contribution < 1.29 is 9.15 Å². The molecule has 1 aromatic carbocycles. The monoisotopic (exact) mass is 230 g/mol. The van der Waals surface area contributed by atoms with Crippen LogP contribution in [-0.4, -0.2) is 12.1 Å². The van der Waals surface area contributed by atoms with Crippen LogP contribution >= 0.6 is 11.3 Å². The Kier molecular flexibility index (Phi) is 2.15. The highest BCUT2D eigenvalue weighted by atomic mass is 32.1. The van der Waals surface area contributed by atoms with Crippen molar-refractivity contribution in [1.29, 1.82) is 0 Å². The Bertz CT molecular complexity index is 613. The molecule has 2 aromatic heterocycles. The quantitative estimate of drug-likeness (QED) is 0.677. The maximum Gasteiger partial charge on any atom is 0.216 e. The molecule has 0 atom stereocenters. The van der Waals surface area contributed by atoms with Gasteiger partial charge in [-0.1, -0.05) is 12.1 Å². The fourth-order valence-corrected chi connectivity index (χ4v) is 2.35. The van der Waals surface area contributed by atoms with Crippen molar-refractivity contribution in [1.82, 2.24) is 4.98 Å². The largest absolute Gasteiger partial charge is 0.492 e. The first-order valence-electron chi connectivity index (χ1n) is 4.77. The molecule has 3 nitrogen and oxygen atoms in total. The van der Waals surface area contributed by atoms with E-state index >= 15 is 0 Å². The van der Waals surface area contributed by atoms with E-state index in [1.165, 1.54) is 0 Å². The minimum atomic E-state index is 0.626. The lowest BCUT2D eigenvalue weighted by Crippen LogP contribution is -1.82. The molecule has 3 aromatic rings. The van der Waals surface area contributed by atoms with Crippen molar-refractivity contribution in [3.05, 3.63) is 36.0 Å². The topological polar surface area (TPSA) is 35.3 Å². The molecule has 0 spiro atoms. The summed E-state index contributed by atoms with van der Waals surface area (Å²) in [7, 11) is 1.61. The Hall–Kier alpha value is -1.81. The van der Waals surface area contributed by atoms with Gasteiger partial charge in [-0.2, -0.15) is 0 Å². The summed E-state index contributed by atoms with van der Waals surface area (Å²) < 4.78 is 10.5. The van der Waals surface area contributed by atoms with Gasteiger partial charge in [0, 0.05) is 17.1 Å². The van der Waals surface area contributed by atoms with Gasteiger partial charge >= 0.3 is 0 Å². The van der Waals surface area contributed by atoms with Gasteiger partial charge in [0.1, 0.15) is 10.6 Å². The van der Waals surface area contributed by atoms with E-state index in [1.807, 2.05) is 23.6 Å². The molecule has 0 bridgehead atoms. The molecular weight excluding hydrogens is 222 g/mol. The molecule has 3 rings (SSSR count). The zero-order valence-electron chi connectivity index (χ0n) is 8.56. The second-order valence-electron chi connectivity index (χ2n) is 3.25. The van der Waals surface area contributed by atoms with Gasteiger partial charge in [-0.25, -0.2) is 4.98 Å². The third-order valence-electron chi connectivity index (χ3n) is 2.37. The number of hydrogen-bond donors (Lipinski definition) is 0. The number of hydrogen-bond acceptors (Lipinski definition) is 4. The van der Waals surface area contributed by atoms with E-state index in [9.17, 15) is 0 Å². The average molecular weight is 230 g/mol. The number of ether oxygens (including phenoxy) is 1. The average Bonchev–Trinajstić information content (AvgIpc) is 2.97. The number of benzene rings is 1. The lowest BCUT2D eigenvalue weighted by molar-refractivity contribution is 0.408. The predicted octanol–water partition coefficient (Wildman–Crippen LogP) is 3.37. The van der Waals surface area contributed by atoms with Crippen LogP contribution in [0.25, 0.3) is 21.5 Å². The minimum Gasteiger partial charge on any atom is -0.492 e. The maximum atomic E-state index is 5.31. The zero-order chi connectivity index (χ0) is 11.0. The van der Waals surface area contributed by atoms with Gasteiger partial charge in [0.15, 0.2) is 5.75 Å². The maximum absolute atomic E-state index is 5.31. The van der Waals surface area contributed by atoms with E-state index in [2.05, 4.69) is 11.2 Å². The summed E-state index contributed by atoms with van der Waals surface area (Å²) in [6.07, 6.45) is 4.53. The molecule has 0 saturated heterocycles. The zero-order valence-corrected chi connectivity index (χ0v) is 9.38. The molecule has 0 saturated carbocycles. The van der Waals surface area contributed by atoms with Gasteiger partial charge in [-0.15, -0.1) is 11.3 Å². The lowest BCUT2D eigenvalue weighted by Gasteiger charge is -2.00. The first kappa shape index (κ1) is 9.42. The highest BCUT2D eigenvalue weighted by Crippen LogP contribution is 2.36. The highest BCUT2D eigenvalue weighted by Gasteiger charge is 2.13. The molecule has 79 valence electrons. The molecule has 0 aliphatic heterocycles. The Morgan fingerprint density at radius 3 is 3.12 bits per heavy atom. The lowest BCUT2D eigenvalue weighted by atomic mass is 10.1. The van der Waals surface area contributed by atoms with Crippen molar-refractivity contribution in [2.24, 2.45) is 0 Å². The second-order valence-corrected chi connectivity index (χ2v) is 4.15. The van der Waals surface area contributed by atoms with Crippen LogP contribution < -0.4 is 4.74 Å². The van der Waals surface area contributed by atoms with Crippen LogP contribution in [0.5, 0.6) is 5.75 Å². The fourth-order valence-electron chi connectivity index (χ4n) is 1.68. The molecule has 0 aliphatic rings. The van der Waals surface area contributed by atoms with Gasteiger partial charge in [-0.3, -0.25) is 0 Å². The Balaban J connectivity index is 2.35. The van der Waals surface area contributed by atoms with Crippen molar-refractivity contribution in [3.8, 4) is 16.3 Å². The number of aromatic nitrogens is 1. The Morgan fingerprint density at radius 1 is 1.44 bits per heavy atom. The Labute approximate surface area is 96.3 Å². The number of fused-ring (bicyclic) bond motifs is 1. The summed E-state index contributed by atoms with van der Waals surface area (Å²) in [5.74, 6) is 0.626. The van der Waals surface area contributed by atoms with Crippen LogP contribution in [0.15, 0.2) is 34.2 Å².